The molecule has 0 bridgehead atoms. The third kappa shape index (κ3) is 5.22. The van der Waals surface area contributed by atoms with Gasteiger partial charge < -0.3 is 4.90 Å². The number of rotatable bonds is 6. The highest BCUT2D eigenvalue weighted by molar-refractivity contribution is 6.02. The number of anilines is 1. The first-order valence-electron chi connectivity index (χ1n) is 13.2. The zero-order chi connectivity index (χ0) is 25.9. The second kappa shape index (κ2) is 10.8. The van der Waals surface area contributed by atoms with E-state index in [0.29, 0.717) is 12.1 Å². The van der Waals surface area contributed by atoms with E-state index in [1.807, 2.05) is 6.20 Å². The van der Waals surface area contributed by atoms with E-state index in [0.717, 1.165) is 61.7 Å². The summed E-state index contributed by atoms with van der Waals surface area (Å²) in [5.41, 5.74) is 5.08. The number of nitrogens with zero attached hydrogens (tertiary/aromatic N) is 4. The lowest BCUT2D eigenvalue weighted by Crippen LogP contribution is -2.46. The second-order valence-corrected chi connectivity index (χ2v) is 10.0. The average molecular weight is 509 g/mol. The first-order valence-corrected chi connectivity index (χ1v) is 13.2. The summed E-state index contributed by atoms with van der Waals surface area (Å²) in [7, 11) is 0. The van der Waals surface area contributed by atoms with Crippen LogP contribution in [-0.4, -0.2) is 41.8 Å². The summed E-state index contributed by atoms with van der Waals surface area (Å²) in [5.74, 6) is -0.0903. The van der Waals surface area contributed by atoms with Crippen molar-refractivity contribution in [2.75, 3.05) is 31.1 Å². The Balaban J connectivity index is 1.08. The second-order valence-electron chi connectivity index (χ2n) is 10.0. The van der Waals surface area contributed by atoms with Crippen LogP contribution in [0.25, 0.3) is 11.1 Å². The highest BCUT2D eigenvalue weighted by Gasteiger charge is 2.24. The molecule has 1 fully saturated rings. The van der Waals surface area contributed by atoms with Crippen LogP contribution in [0.2, 0.25) is 0 Å². The number of piperazine rings is 1. The van der Waals surface area contributed by atoms with Gasteiger partial charge in [0.25, 0.3) is 0 Å². The third-order valence-corrected chi connectivity index (χ3v) is 7.54. The molecule has 4 aromatic rings. The standard InChI is InChI=1S/C32H30F2N4/c33-27-7-4-8-28(34)32(27)30-15-14-29(36-30)25-11-9-24(10-12-25)26-13-16-31(35-21-26)38-19-17-37(18-20-38)22-23-5-2-1-3-6-23/h1-13,16,21,29H,14-15,17-20,22H2. The van der Waals surface area contributed by atoms with E-state index < -0.39 is 11.6 Å². The van der Waals surface area contributed by atoms with E-state index in [1.165, 1.54) is 23.8 Å². The van der Waals surface area contributed by atoms with Gasteiger partial charge in [0, 0.05) is 50.2 Å². The molecular formula is C32H30F2N4. The summed E-state index contributed by atoms with van der Waals surface area (Å²) in [6, 6.07) is 27.0. The van der Waals surface area contributed by atoms with Crippen LogP contribution in [0.3, 0.4) is 0 Å². The third-order valence-electron chi connectivity index (χ3n) is 7.54. The van der Waals surface area contributed by atoms with E-state index in [9.17, 15) is 8.78 Å². The lowest BCUT2D eigenvalue weighted by Gasteiger charge is -2.35. The van der Waals surface area contributed by atoms with Gasteiger partial charge in [0.2, 0.25) is 0 Å². The molecule has 3 heterocycles. The van der Waals surface area contributed by atoms with Crippen molar-refractivity contribution < 1.29 is 8.78 Å². The number of hydrogen-bond acceptors (Lipinski definition) is 4. The van der Waals surface area contributed by atoms with Gasteiger partial charge in [0.1, 0.15) is 17.5 Å². The Bertz CT molecular complexity index is 1390. The normalized spacial score (nSPS) is 18.0. The van der Waals surface area contributed by atoms with Crippen molar-refractivity contribution in [3.63, 3.8) is 0 Å². The summed E-state index contributed by atoms with van der Waals surface area (Å²) in [5, 5.41) is 0. The molecule has 0 aliphatic carbocycles. The van der Waals surface area contributed by atoms with E-state index in [4.69, 9.17) is 4.98 Å². The first-order chi connectivity index (χ1) is 18.6. The Morgan fingerprint density at radius 2 is 1.45 bits per heavy atom. The van der Waals surface area contributed by atoms with Gasteiger partial charge in [0.05, 0.1) is 11.6 Å². The molecule has 0 saturated carbocycles. The Kier molecular flexibility index (Phi) is 6.97. The van der Waals surface area contributed by atoms with Gasteiger partial charge in [-0.2, -0.15) is 0 Å². The van der Waals surface area contributed by atoms with Crippen molar-refractivity contribution in [1.82, 2.24) is 9.88 Å². The molecule has 38 heavy (non-hydrogen) atoms. The fourth-order valence-corrected chi connectivity index (χ4v) is 5.41. The molecule has 1 aromatic heterocycles. The van der Waals surface area contributed by atoms with E-state index in [2.05, 4.69) is 81.5 Å². The highest BCUT2D eigenvalue weighted by Crippen LogP contribution is 2.33. The molecule has 1 atom stereocenters. The number of pyridine rings is 1. The largest absolute Gasteiger partial charge is 0.354 e. The zero-order valence-electron chi connectivity index (χ0n) is 21.2. The van der Waals surface area contributed by atoms with Gasteiger partial charge in [-0.15, -0.1) is 0 Å². The lowest BCUT2D eigenvalue weighted by atomic mass is 10.00. The number of benzene rings is 3. The average Bonchev–Trinajstić information content (AvgIpc) is 3.44. The van der Waals surface area contributed by atoms with E-state index >= 15 is 0 Å². The number of halogens is 2. The van der Waals surface area contributed by atoms with Gasteiger partial charge in [0.15, 0.2) is 0 Å². The van der Waals surface area contributed by atoms with Crippen LogP contribution in [0.15, 0.2) is 96.1 Å². The van der Waals surface area contributed by atoms with Gasteiger partial charge in [-0.3, -0.25) is 9.89 Å². The minimum atomic E-state index is -0.551. The van der Waals surface area contributed by atoms with Gasteiger partial charge in [-0.05, 0) is 53.8 Å². The number of aliphatic imine (C=N–C) groups is 1. The molecule has 4 nitrogen and oxygen atoms in total. The molecule has 6 heteroatoms. The number of hydrogen-bond donors (Lipinski definition) is 0. The molecule has 192 valence electrons. The Morgan fingerprint density at radius 3 is 2.13 bits per heavy atom. The van der Waals surface area contributed by atoms with Crippen LogP contribution in [-0.2, 0) is 6.54 Å². The molecule has 1 saturated heterocycles. The van der Waals surface area contributed by atoms with Gasteiger partial charge in [-0.1, -0.05) is 60.7 Å². The fourth-order valence-electron chi connectivity index (χ4n) is 5.41. The lowest BCUT2D eigenvalue weighted by molar-refractivity contribution is 0.249. The summed E-state index contributed by atoms with van der Waals surface area (Å²) < 4.78 is 28.4. The van der Waals surface area contributed by atoms with Crippen LogP contribution < -0.4 is 4.90 Å². The van der Waals surface area contributed by atoms with E-state index in [-0.39, 0.29) is 11.6 Å². The fraction of sp³-hybridized carbons (Fsp3) is 0.250. The molecular weight excluding hydrogens is 478 g/mol. The smallest absolute Gasteiger partial charge is 0.135 e. The summed E-state index contributed by atoms with van der Waals surface area (Å²) >= 11 is 0. The van der Waals surface area contributed by atoms with Crippen molar-refractivity contribution in [2.45, 2.75) is 25.4 Å². The van der Waals surface area contributed by atoms with Crippen molar-refractivity contribution in [3.8, 4) is 11.1 Å². The molecule has 1 unspecified atom stereocenters. The predicted octanol–water partition coefficient (Wildman–Crippen LogP) is 6.67. The van der Waals surface area contributed by atoms with Crippen LogP contribution in [0, 0.1) is 11.6 Å². The van der Waals surface area contributed by atoms with Crippen LogP contribution in [0.5, 0.6) is 0 Å². The monoisotopic (exact) mass is 508 g/mol. The zero-order valence-corrected chi connectivity index (χ0v) is 21.2. The quantitative estimate of drug-likeness (QED) is 0.291. The van der Waals surface area contributed by atoms with Crippen LogP contribution in [0.4, 0.5) is 14.6 Å². The topological polar surface area (TPSA) is 31.7 Å². The molecule has 0 radical (unpaired) electrons. The summed E-state index contributed by atoms with van der Waals surface area (Å²) in [4.78, 5) is 14.3. The van der Waals surface area contributed by atoms with Gasteiger partial charge >= 0.3 is 0 Å². The van der Waals surface area contributed by atoms with E-state index in [1.54, 1.807) is 0 Å². The molecule has 2 aliphatic rings. The Hall–Kier alpha value is -3.90. The minimum Gasteiger partial charge on any atom is -0.354 e. The van der Waals surface area contributed by atoms with Crippen molar-refractivity contribution in [3.05, 3.63) is 119 Å². The highest BCUT2D eigenvalue weighted by atomic mass is 19.1. The maximum atomic E-state index is 14.2. The molecule has 0 amide bonds. The van der Waals surface area contributed by atoms with Crippen molar-refractivity contribution in [2.24, 2.45) is 4.99 Å². The number of aromatic nitrogens is 1. The maximum absolute atomic E-state index is 14.2. The maximum Gasteiger partial charge on any atom is 0.135 e. The SMILES string of the molecule is Fc1cccc(F)c1C1=NC(c2ccc(-c3ccc(N4CCN(Cc5ccccc5)CC4)nc3)cc2)CC1. The predicted molar refractivity (Wildman–Crippen MR) is 148 cm³/mol. The van der Waals surface area contributed by atoms with Crippen LogP contribution >= 0.6 is 0 Å². The molecule has 3 aromatic carbocycles. The molecule has 2 aliphatic heterocycles. The Morgan fingerprint density at radius 1 is 0.737 bits per heavy atom. The van der Waals surface area contributed by atoms with Crippen molar-refractivity contribution >= 4 is 11.5 Å². The molecule has 0 N–H and O–H groups in total. The minimum absolute atomic E-state index is 0.00962. The summed E-state index contributed by atoms with van der Waals surface area (Å²) in [6.45, 7) is 4.97. The van der Waals surface area contributed by atoms with Crippen LogP contribution in [0.1, 0.15) is 35.6 Å². The first kappa shape index (κ1) is 24.4. The van der Waals surface area contributed by atoms with Gasteiger partial charge in [-0.25, -0.2) is 13.8 Å². The summed E-state index contributed by atoms with van der Waals surface area (Å²) in [6.07, 6.45) is 3.25. The Labute approximate surface area is 222 Å². The molecule has 6 rings (SSSR count). The molecule has 0 spiro atoms. The van der Waals surface area contributed by atoms with Crippen molar-refractivity contribution in [1.29, 1.82) is 0 Å².